The number of carbonyl (C=O) groups is 1. The fourth-order valence-electron chi connectivity index (χ4n) is 4.03. The number of aliphatic hydroxyl groups is 2. The standard InChI is InChI=1S/C26H32FN3O5/c1-30(2)12-11-29-25(33)26(35-17-20-5-3-4-6-21(20)27)13-22(31)24(32)23(14-26)34-16-19-9-7-18(15-28)8-10-19/h3-10,22-24,31-32H,11-14,16-17H2,1-2H3,(H,29,33)/t22-,23?,24-,26+/m1/s1. The van der Waals surface area contributed by atoms with E-state index in [4.69, 9.17) is 14.7 Å². The van der Waals surface area contributed by atoms with E-state index in [0.717, 1.165) is 5.56 Å². The van der Waals surface area contributed by atoms with E-state index in [1.54, 1.807) is 42.5 Å². The van der Waals surface area contributed by atoms with Crippen LogP contribution >= 0.6 is 0 Å². The number of nitrogens with zero attached hydrogens (tertiary/aromatic N) is 2. The van der Waals surface area contributed by atoms with Gasteiger partial charge in [-0.05, 0) is 37.9 Å². The van der Waals surface area contributed by atoms with E-state index in [0.29, 0.717) is 18.7 Å². The van der Waals surface area contributed by atoms with E-state index in [1.807, 2.05) is 25.1 Å². The van der Waals surface area contributed by atoms with Gasteiger partial charge in [0.15, 0.2) is 5.60 Å². The third-order valence-corrected chi connectivity index (χ3v) is 6.11. The highest BCUT2D eigenvalue weighted by molar-refractivity contribution is 5.85. The molecule has 1 unspecified atom stereocenters. The van der Waals surface area contributed by atoms with Gasteiger partial charge in [0.1, 0.15) is 11.9 Å². The van der Waals surface area contributed by atoms with Gasteiger partial charge in [0.2, 0.25) is 0 Å². The fourth-order valence-corrected chi connectivity index (χ4v) is 4.03. The summed E-state index contributed by atoms with van der Waals surface area (Å²) in [5.74, 6) is -0.908. The van der Waals surface area contributed by atoms with Gasteiger partial charge in [-0.2, -0.15) is 5.26 Å². The van der Waals surface area contributed by atoms with Crippen molar-refractivity contribution >= 4 is 5.91 Å². The molecule has 0 aliphatic heterocycles. The minimum Gasteiger partial charge on any atom is -0.390 e. The highest BCUT2D eigenvalue weighted by Crippen LogP contribution is 2.36. The summed E-state index contributed by atoms with van der Waals surface area (Å²) in [5, 5.41) is 33.1. The SMILES string of the molecule is CN(C)CCNC(=O)[C@@]1(OCc2ccccc2F)CC(OCc2ccc(C#N)cc2)[C@H](O)[C@H](O)C1. The monoisotopic (exact) mass is 485 g/mol. The van der Waals surface area contributed by atoms with E-state index < -0.39 is 35.6 Å². The Hall–Kier alpha value is -2.87. The third-order valence-electron chi connectivity index (χ3n) is 6.11. The molecule has 0 saturated heterocycles. The maximum Gasteiger partial charge on any atom is 0.252 e. The van der Waals surface area contributed by atoms with Crippen molar-refractivity contribution < 1.29 is 28.9 Å². The summed E-state index contributed by atoms with van der Waals surface area (Å²) in [6.45, 7) is 0.871. The van der Waals surface area contributed by atoms with E-state index in [-0.39, 0.29) is 31.6 Å². The van der Waals surface area contributed by atoms with Gasteiger partial charge in [-0.25, -0.2) is 4.39 Å². The average Bonchev–Trinajstić information content (AvgIpc) is 2.84. The summed E-state index contributed by atoms with van der Waals surface area (Å²) in [6.07, 6.45) is -3.60. The number of benzene rings is 2. The predicted molar refractivity (Wildman–Crippen MR) is 126 cm³/mol. The van der Waals surface area contributed by atoms with E-state index in [2.05, 4.69) is 5.32 Å². The van der Waals surface area contributed by atoms with Crippen molar-refractivity contribution in [2.45, 2.75) is 50.0 Å². The third kappa shape index (κ3) is 7.07. The molecule has 4 atom stereocenters. The van der Waals surface area contributed by atoms with Crippen molar-refractivity contribution in [1.82, 2.24) is 10.2 Å². The lowest BCUT2D eigenvalue weighted by Crippen LogP contribution is -2.61. The van der Waals surface area contributed by atoms with Crippen LogP contribution < -0.4 is 5.32 Å². The molecule has 188 valence electrons. The number of nitrogens with one attached hydrogen (secondary N) is 1. The van der Waals surface area contributed by atoms with Crippen LogP contribution in [0.1, 0.15) is 29.5 Å². The molecule has 9 heteroatoms. The normalized spacial score (nSPS) is 24.2. The number of hydrogen-bond acceptors (Lipinski definition) is 7. The van der Waals surface area contributed by atoms with Crippen LogP contribution in [0, 0.1) is 17.1 Å². The van der Waals surface area contributed by atoms with Gasteiger partial charge in [-0.15, -0.1) is 0 Å². The van der Waals surface area contributed by atoms with Crippen molar-refractivity contribution in [3.05, 3.63) is 71.0 Å². The zero-order valence-corrected chi connectivity index (χ0v) is 20.0. The highest BCUT2D eigenvalue weighted by atomic mass is 19.1. The van der Waals surface area contributed by atoms with E-state index in [1.165, 1.54) is 6.07 Å². The van der Waals surface area contributed by atoms with Crippen LogP contribution in [0.3, 0.4) is 0 Å². The van der Waals surface area contributed by atoms with Gasteiger partial charge >= 0.3 is 0 Å². The number of ether oxygens (including phenoxy) is 2. The van der Waals surface area contributed by atoms with Crippen LogP contribution in [0.2, 0.25) is 0 Å². The topological polar surface area (TPSA) is 115 Å². The van der Waals surface area contributed by atoms with Gasteiger partial charge in [0.25, 0.3) is 5.91 Å². The molecule has 1 fully saturated rings. The van der Waals surface area contributed by atoms with Crippen molar-refractivity contribution in [2.75, 3.05) is 27.2 Å². The average molecular weight is 486 g/mol. The molecule has 3 rings (SSSR count). The van der Waals surface area contributed by atoms with Gasteiger partial charge in [0.05, 0.1) is 37.1 Å². The maximum absolute atomic E-state index is 14.2. The van der Waals surface area contributed by atoms with E-state index in [9.17, 15) is 19.4 Å². The molecule has 35 heavy (non-hydrogen) atoms. The zero-order valence-electron chi connectivity index (χ0n) is 20.0. The number of halogens is 1. The van der Waals surface area contributed by atoms with Gasteiger partial charge in [0, 0.05) is 31.5 Å². The zero-order chi connectivity index (χ0) is 25.4. The first kappa shape index (κ1) is 26.7. The number of nitriles is 1. The second kappa shape index (κ2) is 12.2. The van der Waals surface area contributed by atoms with Crippen molar-refractivity contribution in [1.29, 1.82) is 5.26 Å². The minimum absolute atomic E-state index is 0.0241. The first-order valence-corrected chi connectivity index (χ1v) is 11.5. The van der Waals surface area contributed by atoms with Crippen LogP contribution in [0.5, 0.6) is 0 Å². The molecular formula is C26H32FN3O5. The summed E-state index contributed by atoms with van der Waals surface area (Å²) in [7, 11) is 3.76. The molecule has 1 aliphatic rings. The Labute approximate surface area is 204 Å². The predicted octanol–water partition coefficient (Wildman–Crippen LogP) is 1.73. The molecule has 3 N–H and O–H groups in total. The van der Waals surface area contributed by atoms with Gasteiger partial charge < -0.3 is 29.9 Å². The van der Waals surface area contributed by atoms with Crippen LogP contribution in [0.4, 0.5) is 4.39 Å². The molecule has 1 saturated carbocycles. The Morgan fingerprint density at radius 1 is 1.17 bits per heavy atom. The van der Waals surface area contributed by atoms with Gasteiger partial charge in [-0.1, -0.05) is 30.3 Å². The van der Waals surface area contributed by atoms with Crippen molar-refractivity contribution in [3.8, 4) is 6.07 Å². The first-order valence-electron chi connectivity index (χ1n) is 11.5. The lowest BCUT2D eigenvalue weighted by molar-refractivity contribution is -0.200. The number of amides is 1. The van der Waals surface area contributed by atoms with Crippen LogP contribution in [0.15, 0.2) is 48.5 Å². The maximum atomic E-state index is 14.2. The number of likely N-dealkylation sites (N-methyl/N-ethyl adjacent to an activating group) is 1. The van der Waals surface area contributed by atoms with Crippen LogP contribution in [0.25, 0.3) is 0 Å². The summed E-state index contributed by atoms with van der Waals surface area (Å²) in [6, 6.07) is 15.0. The lowest BCUT2D eigenvalue weighted by Gasteiger charge is -2.44. The molecule has 2 aromatic carbocycles. The van der Waals surface area contributed by atoms with Crippen molar-refractivity contribution in [3.63, 3.8) is 0 Å². The molecular weight excluding hydrogens is 453 g/mol. The minimum atomic E-state index is -1.53. The number of aliphatic hydroxyl groups excluding tert-OH is 2. The second-order valence-electron chi connectivity index (χ2n) is 9.06. The molecule has 0 radical (unpaired) electrons. The smallest absolute Gasteiger partial charge is 0.252 e. The largest absolute Gasteiger partial charge is 0.390 e. The Morgan fingerprint density at radius 3 is 2.54 bits per heavy atom. The molecule has 8 nitrogen and oxygen atoms in total. The lowest BCUT2D eigenvalue weighted by atomic mass is 9.78. The first-order chi connectivity index (χ1) is 16.7. The Kier molecular flexibility index (Phi) is 9.32. The quantitative estimate of drug-likeness (QED) is 0.470. The van der Waals surface area contributed by atoms with Crippen LogP contribution in [-0.4, -0.2) is 72.1 Å². The van der Waals surface area contributed by atoms with E-state index >= 15 is 0 Å². The van der Waals surface area contributed by atoms with Crippen LogP contribution in [-0.2, 0) is 27.5 Å². The molecule has 1 amide bonds. The number of rotatable bonds is 10. The molecule has 0 spiro atoms. The molecule has 0 heterocycles. The van der Waals surface area contributed by atoms with Crippen molar-refractivity contribution in [2.24, 2.45) is 0 Å². The summed E-state index contributed by atoms with van der Waals surface area (Å²) >= 11 is 0. The molecule has 1 aliphatic carbocycles. The highest BCUT2D eigenvalue weighted by Gasteiger charge is 2.51. The fraction of sp³-hybridized carbons (Fsp3) is 0.462. The Balaban J connectivity index is 1.78. The summed E-state index contributed by atoms with van der Waals surface area (Å²) in [5.41, 5.74) is 0.0350. The molecule has 0 aromatic heterocycles. The summed E-state index contributed by atoms with van der Waals surface area (Å²) < 4.78 is 26.2. The number of carbonyl (C=O) groups excluding carboxylic acids is 1. The Morgan fingerprint density at radius 2 is 1.89 bits per heavy atom. The van der Waals surface area contributed by atoms with Gasteiger partial charge in [-0.3, -0.25) is 4.79 Å². The summed E-state index contributed by atoms with van der Waals surface area (Å²) in [4.78, 5) is 15.2. The molecule has 2 aromatic rings. The Bertz CT molecular complexity index is 1030. The number of hydrogen-bond donors (Lipinski definition) is 3. The molecule has 0 bridgehead atoms. The second-order valence-corrected chi connectivity index (χ2v) is 9.06.